The summed E-state index contributed by atoms with van der Waals surface area (Å²) in [6.07, 6.45) is -4.33. The summed E-state index contributed by atoms with van der Waals surface area (Å²) in [5, 5.41) is 0. The van der Waals surface area contributed by atoms with Crippen molar-refractivity contribution in [3.05, 3.63) is 34.9 Å². The van der Waals surface area contributed by atoms with E-state index in [9.17, 15) is 13.2 Å². The van der Waals surface area contributed by atoms with Gasteiger partial charge < -0.3 is 4.74 Å². The molecule has 1 aliphatic heterocycles. The molecule has 6 heteroatoms. The zero-order valence-electron chi connectivity index (χ0n) is 12.6. The van der Waals surface area contributed by atoms with Crippen LogP contribution in [0.1, 0.15) is 37.5 Å². The number of ether oxygens (including phenoxy) is 1. The summed E-state index contributed by atoms with van der Waals surface area (Å²) in [6.45, 7) is 8.46. The van der Waals surface area contributed by atoms with Gasteiger partial charge in [0, 0.05) is 4.75 Å². The van der Waals surface area contributed by atoms with Gasteiger partial charge in [-0.1, -0.05) is 24.1 Å². The fraction of sp³-hybridized carbons (Fsp3) is 0.600. The summed E-state index contributed by atoms with van der Waals surface area (Å²) in [4.78, 5) is 0. The molecule has 1 fully saturated rings. The van der Waals surface area contributed by atoms with Crippen LogP contribution in [0, 0.1) is 6.92 Å². The van der Waals surface area contributed by atoms with Gasteiger partial charge in [0.1, 0.15) is 0 Å². The second-order valence-corrected chi connectivity index (χ2v) is 8.00. The highest BCUT2D eigenvalue weighted by Crippen LogP contribution is 2.40. The maximum Gasteiger partial charge on any atom is 0.416 e. The van der Waals surface area contributed by atoms with Crippen LogP contribution in [0.25, 0.3) is 0 Å². The third kappa shape index (κ3) is 3.55. The summed E-state index contributed by atoms with van der Waals surface area (Å²) >= 11 is 1.52. The zero-order valence-corrected chi connectivity index (χ0v) is 13.4. The fourth-order valence-corrected chi connectivity index (χ4v) is 3.02. The summed E-state index contributed by atoms with van der Waals surface area (Å²) in [7, 11) is 0. The van der Waals surface area contributed by atoms with Crippen LogP contribution in [0.15, 0.2) is 18.2 Å². The molecule has 0 unspecified atom stereocenters. The Balaban J connectivity index is 2.35. The Kier molecular flexibility index (Phi) is 4.35. The van der Waals surface area contributed by atoms with Gasteiger partial charge in [-0.15, -0.1) is 0 Å². The largest absolute Gasteiger partial charge is 0.416 e. The Morgan fingerprint density at radius 1 is 1.19 bits per heavy atom. The molecule has 0 aromatic heterocycles. The minimum absolute atomic E-state index is 0.0296. The SMILES string of the molecule is Cc1c(C(F)(F)F)cccc1C1(NSC(C)(C)C)COC1. The third-order valence-corrected chi connectivity index (χ3v) is 4.51. The van der Waals surface area contributed by atoms with E-state index in [1.54, 1.807) is 6.07 Å². The minimum atomic E-state index is -4.33. The molecular weight excluding hydrogens is 299 g/mol. The Bertz CT molecular complexity index is 519. The predicted molar refractivity (Wildman–Crippen MR) is 79.2 cm³/mol. The quantitative estimate of drug-likeness (QED) is 0.841. The van der Waals surface area contributed by atoms with Crippen LogP contribution in [0.5, 0.6) is 0 Å². The van der Waals surface area contributed by atoms with Crippen molar-refractivity contribution < 1.29 is 17.9 Å². The summed E-state index contributed by atoms with van der Waals surface area (Å²) in [5.41, 5.74) is -0.173. The van der Waals surface area contributed by atoms with Crippen LogP contribution >= 0.6 is 11.9 Å². The van der Waals surface area contributed by atoms with Crippen LogP contribution < -0.4 is 4.72 Å². The fourth-order valence-electron chi connectivity index (χ4n) is 2.29. The number of hydrogen-bond acceptors (Lipinski definition) is 3. The van der Waals surface area contributed by atoms with Crippen LogP contribution in [0.4, 0.5) is 13.2 Å². The third-order valence-electron chi connectivity index (χ3n) is 3.40. The van der Waals surface area contributed by atoms with E-state index in [4.69, 9.17) is 4.74 Å². The lowest BCUT2D eigenvalue weighted by atomic mass is 9.84. The molecule has 0 aliphatic carbocycles. The first-order valence-corrected chi connectivity index (χ1v) is 7.57. The number of halogens is 3. The molecule has 2 rings (SSSR count). The Morgan fingerprint density at radius 2 is 1.81 bits per heavy atom. The average Bonchev–Trinajstić information content (AvgIpc) is 2.26. The second-order valence-electron chi connectivity index (χ2n) is 6.37. The van der Waals surface area contributed by atoms with Crippen molar-refractivity contribution in [3.63, 3.8) is 0 Å². The van der Waals surface area contributed by atoms with E-state index in [1.807, 2.05) is 0 Å². The van der Waals surface area contributed by atoms with Gasteiger partial charge in [0.2, 0.25) is 0 Å². The summed E-state index contributed by atoms with van der Waals surface area (Å²) in [6, 6.07) is 4.35. The van der Waals surface area contributed by atoms with Crippen LogP contribution in [0.3, 0.4) is 0 Å². The molecule has 1 aromatic rings. The topological polar surface area (TPSA) is 21.3 Å². The molecule has 1 aliphatic rings. The van der Waals surface area contributed by atoms with E-state index in [0.29, 0.717) is 18.8 Å². The van der Waals surface area contributed by atoms with E-state index in [1.165, 1.54) is 24.9 Å². The zero-order chi connectivity index (χ0) is 15.9. The lowest BCUT2D eigenvalue weighted by Crippen LogP contribution is -2.56. The van der Waals surface area contributed by atoms with Crippen molar-refractivity contribution in [3.8, 4) is 0 Å². The Labute approximate surface area is 127 Å². The molecule has 1 aromatic carbocycles. The Hall–Kier alpha value is -0.720. The van der Waals surface area contributed by atoms with Crippen LogP contribution in [0.2, 0.25) is 0 Å². The highest BCUT2D eigenvalue weighted by Gasteiger charge is 2.44. The molecule has 2 nitrogen and oxygen atoms in total. The smallest absolute Gasteiger partial charge is 0.377 e. The first-order chi connectivity index (χ1) is 9.55. The maximum absolute atomic E-state index is 13.1. The van der Waals surface area contributed by atoms with Gasteiger partial charge in [-0.2, -0.15) is 13.2 Å². The second kappa shape index (κ2) is 5.48. The van der Waals surface area contributed by atoms with E-state index in [0.717, 1.165) is 6.07 Å². The van der Waals surface area contributed by atoms with Crippen molar-refractivity contribution in [2.45, 2.75) is 44.2 Å². The highest BCUT2D eigenvalue weighted by atomic mass is 32.2. The number of alkyl halides is 3. The van der Waals surface area contributed by atoms with Gasteiger partial charge in [-0.3, -0.25) is 0 Å². The van der Waals surface area contributed by atoms with Crippen molar-refractivity contribution >= 4 is 11.9 Å². The standard InChI is InChI=1S/C15H20F3NOS/c1-10-11(6-5-7-12(10)15(16,17)18)14(8-20-9-14)19-21-13(2,3)4/h5-7,19H,8-9H2,1-4H3. The average molecular weight is 319 g/mol. The number of hydrogen-bond donors (Lipinski definition) is 1. The number of rotatable bonds is 3. The van der Waals surface area contributed by atoms with Gasteiger partial charge in [-0.25, -0.2) is 4.72 Å². The minimum Gasteiger partial charge on any atom is -0.377 e. The maximum atomic E-state index is 13.1. The van der Waals surface area contributed by atoms with E-state index in [2.05, 4.69) is 25.5 Å². The molecule has 0 saturated carbocycles. The number of nitrogens with one attached hydrogen (secondary N) is 1. The highest BCUT2D eigenvalue weighted by molar-refractivity contribution is 7.98. The molecule has 0 bridgehead atoms. The number of benzene rings is 1. The normalized spacial score (nSPS) is 18.4. The molecule has 0 radical (unpaired) electrons. The molecular formula is C15H20F3NOS. The lowest BCUT2D eigenvalue weighted by molar-refractivity contribution is -0.138. The van der Waals surface area contributed by atoms with Gasteiger partial charge in [0.05, 0.1) is 24.3 Å². The molecule has 1 N–H and O–H groups in total. The first kappa shape index (κ1) is 16.6. The van der Waals surface area contributed by atoms with Crippen LogP contribution in [-0.2, 0) is 16.5 Å². The monoisotopic (exact) mass is 319 g/mol. The van der Waals surface area contributed by atoms with Crippen molar-refractivity contribution in [1.82, 2.24) is 4.72 Å². The molecule has 118 valence electrons. The van der Waals surface area contributed by atoms with Crippen molar-refractivity contribution in [1.29, 1.82) is 0 Å². The molecule has 1 saturated heterocycles. The van der Waals surface area contributed by atoms with Gasteiger partial charge in [0.25, 0.3) is 0 Å². The molecule has 0 atom stereocenters. The van der Waals surface area contributed by atoms with Gasteiger partial charge in [0.15, 0.2) is 0 Å². The van der Waals surface area contributed by atoms with Crippen molar-refractivity contribution in [2.75, 3.05) is 13.2 Å². The predicted octanol–water partition coefficient (Wildman–Crippen LogP) is 4.28. The Morgan fingerprint density at radius 3 is 2.24 bits per heavy atom. The van der Waals surface area contributed by atoms with Crippen LogP contribution in [-0.4, -0.2) is 18.0 Å². The van der Waals surface area contributed by atoms with Crippen molar-refractivity contribution in [2.24, 2.45) is 0 Å². The molecule has 0 spiro atoms. The van der Waals surface area contributed by atoms with Gasteiger partial charge in [-0.05, 0) is 44.9 Å². The lowest BCUT2D eigenvalue weighted by Gasteiger charge is -2.44. The molecule has 0 amide bonds. The van der Waals surface area contributed by atoms with E-state index >= 15 is 0 Å². The van der Waals surface area contributed by atoms with E-state index in [-0.39, 0.29) is 10.3 Å². The van der Waals surface area contributed by atoms with Gasteiger partial charge >= 0.3 is 6.18 Å². The van der Waals surface area contributed by atoms with E-state index < -0.39 is 17.3 Å². The molecule has 21 heavy (non-hydrogen) atoms. The summed E-state index contributed by atoms with van der Waals surface area (Å²) < 4.78 is 47.8. The summed E-state index contributed by atoms with van der Waals surface area (Å²) in [5.74, 6) is 0. The molecule has 1 heterocycles. The first-order valence-electron chi connectivity index (χ1n) is 6.75.